The second kappa shape index (κ2) is 3.15. The van der Waals surface area contributed by atoms with Gasteiger partial charge in [0.05, 0.1) is 6.10 Å². The van der Waals surface area contributed by atoms with Crippen molar-refractivity contribution < 1.29 is 9.90 Å². The van der Waals surface area contributed by atoms with Crippen molar-refractivity contribution in [3.8, 4) is 0 Å². The Kier molecular flexibility index (Phi) is 2.42. The molecule has 2 atom stereocenters. The zero-order valence-electron chi connectivity index (χ0n) is 6.58. The molecule has 0 spiro atoms. The summed E-state index contributed by atoms with van der Waals surface area (Å²) >= 11 is 0. The van der Waals surface area contributed by atoms with Crippen LogP contribution in [0.2, 0.25) is 0 Å². The number of hydrogen-bond acceptors (Lipinski definition) is 3. The van der Waals surface area contributed by atoms with E-state index in [2.05, 4.69) is 0 Å². The van der Waals surface area contributed by atoms with Crippen LogP contribution in [-0.2, 0) is 4.79 Å². The Morgan fingerprint density at radius 3 is 2.91 bits per heavy atom. The maximum absolute atomic E-state index is 10.8. The first-order valence-electron chi connectivity index (χ1n) is 3.76. The van der Waals surface area contributed by atoms with Gasteiger partial charge in [-0.05, 0) is 31.4 Å². The molecule has 3 N–H and O–H groups in total. The normalized spacial score (nSPS) is 31.4. The van der Waals surface area contributed by atoms with Crippen LogP contribution in [0.15, 0.2) is 11.6 Å². The first kappa shape index (κ1) is 8.43. The van der Waals surface area contributed by atoms with Crippen molar-refractivity contribution in [2.45, 2.75) is 31.9 Å². The van der Waals surface area contributed by atoms with Crippen LogP contribution < -0.4 is 5.73 Å². The van der Waals surface area contributed by atoms with Crippen molar-refractivity contribution in [2.75, 3.05) is 0 Å². The predicted octanol–water partition coefficient (Wildman–Crippen LogP) is -0.0162. The Morgan fingerprint density at radius 1 is 1.82 bits per heavy atom. The van der Waals surface area contributed by atoms with Gasteiger partial charge in [-0.2, -0.15) is 0 Å². The monoisotopic (exact) mass is 155 g/mol. The van der Waals surface area contributed by atoms with E-state index in [0.29, 0.717) is 18.4 Å². The molecule has 3 heteroatoms. The Balaban J connectivity index is 2.71. The zero-order valence-corrected chi connectivity index (χ0v) is 6.58. The molecule has 0 radical (unpaired) electrons. The van der Waals surface area contributed by atoms with Crippen LogP contribution in [-0.4, -0.2) is 23.0 Å². The fraction of sp³-hybridized carbons (Fsp3) is 0.625. The molecule has 0 saturated carbocycles. The molecular formula is C8H13NO2. The van der Waals surface area contributed by atoms with Gasteiger partial charge in [-0.3, -0.25) is 4.79 Å². The number of hydrogen-bond donors (Lipinski definition) is 2. The summed E-state index contributed by atoms with van der Waals surface area (Å²) in [4.78, 5) is 10.8. The minimum absolute atomic E-state index is 0.0379. The van der Waals surface area contributed by atoms with E-state index in [4.69, 9.17) is 5.73 Å². The van der Waals surface area contributed by atoms with Gasteiger partial charge in [0.2, 0.25) is 0 Å². The molecule has 0 bridgehead atoms. The molecule has 0 amide bonds. The highest BCUT2D eigenvalue weighted by molar-refractivity contribution is 5.93. The molecule has 11 heavy (non-hydrogen) atoms. The predicted molar refractivity (Wildman–Crippen MR) is 42.0 cm³/mol. The van der Waals surface area contributed by atoms with Gasteiger partial charge >= 0.3 is 0 Å². The van der Waals surface area contributed by atoms with Crippen molar-refractivity contribution >= 4 is 5.78 Å². The maximum Gasteiger partial charge on any atom is 0.155 e. The molecule has 1 aliphatic rings. The molecule has 0 saturated heterocycles. The summed E-state index contributed by atoms with van der Waals surface area (Å²) in [6.07, 6.45) is 2.33. The Labute approximate surface area is 65.9 Å². The van der Waals surface area contributed by atoms with Gasteiger partial charge in [-0.25, -0.2) is 0 Å². The summed E-state index contributed by atoms with van der Waals surface area (Å²) in [6, 6.07) is -0.196. The topological polar surface area (TPSA) is 63.3 Å². The summed E-state index contributed by atoms with van der Waals surface area (Å²) in [5, 5.41) is 9.24. The fourth-order valence-electron chi connectivity index (χ4n) is 1.20. The fourth-order valence-corrected chi connectivity index (χ4v) is 1.20. The molecule has 0 aromatic heterocycles. The lowest BCUT2D eigenvalue weighted by Gasteiger charge is -2.21. The smallest absolute Gasteiger partial charge is 0.155 e. The molecule has 0 aromatic carbocycles. The number of ketones is 1. The summed E-state index contributed by atoms with van der Waals surface area (Å²) in [5.74, 6) is 0.0379. The number of aliphatic hydroxyl groups is 1. The standard InChI is InChI=1S/C8H13NO2/c1-5(10)6-2-3-7(9)8(11)4-6/h4,7-8,11H,2-3,9H2,1H3. The minimum atomic E-state index is -0.636. The van der Waals surface area contributed by atoms with E-state index in [0.717, 1.165) is 0 Å². The Morgan fingerprint density at radius 2 is 2.45 bits per heavy atom. The van der Waals surface area contributed by atoms with E-state index < -0.39 is 6.10 Å². The molecule has 1 aliphatic carbocycles. The molecule has 0 heterocycles. The van der Waals surface area contributed by atoms with Crippen LogP contribution >= 0.6 is 0 Å². The Hall–Kier alpha value is -0.670. The van der Waals surface area contributed by atoms with Gasteiger partial charge in [0.1, 0.15) is 0 Å². The van der Waals surface area contributed by atoms with Crippen LogP contribution in [0.25, 0.3) is 0 Å². The first-order valence-corrected chi connectivity index (χ1v) is 3.76. The molecule has 0 fully saturated rings. The molecule has 62 valence electrons. The quantitative estimate of drug-likeness (QED) is 0.559. The number of rotatable bonds is 1. The minimum Gasteiger partial charge on any atom is -0.387 e. The summed E-state index contributed by atoms with van der Waals surface area (Å²) in [7, 11) is 0. The van der Waals surface area contributed by atoms with E-state index in [1.807, 2.05) is 0 Å². The van der Waals surface area contributed by atoms with E-state index in [9.17, 15) is 9.90 Å². The SMILES string of the molecule is CC(=O)C1=CC(O)C(N)CC1. The van der Waals surface area contributed by atoms with Crippen molar-refractivity contribution in [1.82, 2.24) is 0 Å². The summed E-state index contributed by atoms with van der Waals surface area (Å²) < 4.78 is 0. The Bertz CT molecular complexity index is 198. The van der Waals surface area contributed by atoms with E-state index in [1.165, 1.54) is 6.92 Å². The van der Waals surface area contributed by atoms with Crippen LogP contribution in [0.3, 0.4) is 0 Å². The number of aliphatic hydroxyl groups excluding tert-OH is 1. The van der Waals surface area contributed by atoms with E-state index >= 15 is 0 Å². The highest BCUT2D eigenvalue weighted by atomic mass is 16.3. The second-order valence-corrected chi connectivity index (χ2v) is 2.94. The average Bonchev–Trinajstić information content (AvgIpc) is 1.94. The van der Waals surface area contributed by atoms with Crippen LogP contribution in [0, 0.1) is 0 Å². The van der Waals surface area contributed by atoms with Crippen molar-refractivity contribution in [3.63, 3.8) is 0 Å². The van der Waals surface area contributed by atoms with Crippen LogP contribution in [0.5, 0.6) is 0 Å². The van der Waals surface area contributed by atoms with Crippen LogP contribution in [0.4, 0.5) is 0 Å². The first-order chi connectivity index (χ1) is 5.11. The van der Waals surface area contributed by atoms with Crippen molar-refractivity contribution in [1.29, 1.82) is 0 Å². The van der Waals surface area contributed by atoms with E-state index in [1.54, 1.807) is 6.08 Å². The number of allylic oxidation sites excluding steroid dienone is 1. The number of Topliss-reactive ketones (excluding diaryl/α,β-unsaturated/α-hetero) is 1. The highest BCUT2D eigenvalue weighted by Gasteiger charge is 2.20. The lowest BCUT2D eigenvalue weighted by Crippen LogP contribution is -2.36. The van der Waals surface area contributed by atoms with Crippen molar-refractivity contribution in [2.24, 2.45) is 5.73 Å². The average molecular weight is 155 g/mol. The van der Waals surface area contributed by atoms with Gasteiger partial charge in [0, 0.05) is 6.04 Å². The molecule has 2 unspecified atom stereocenters. The van der Waals surface area contributed by atoms with Crippen molar-refractivity contribution in [3.05, 3.63) is 11.6 Å². The number of carbonyl (C=O) groups excluding carboxylic acids is 1. The third kappa shape index (κ3) is 1.88. The van der Waals surface area contributed by atoms with Gasteiger partial charge in [0.25, 0.3) is 0 Å². The number of nitrogens with two attached hydrogens (primary N) is 1. The van der Waals surface area contributed by atoms with E-state index in [-0.39, 0.29) is 11.8 Å². The lowest BCUT2D eigenvalue weighted by molar-refractivity contribution is -0.113. The van der Waals surface area contributed by atoms with Gasteiger partial charge < -0.3 is 10.8 Å². The third-order valence-corrected chi connectivity index (χ3v) is 2.01. The largest absolute Gasteiger partial charge is 0.387 e. The molecule has 1 rings (SSSR count). The lowest BCUT2D eigenvalue weighted by atomic mass is 9.92. The van der Waals surface area contributed by atoms with Gasteiger partial charge in [-0.15, -0.1) is 0 Å². The maximum atomic E-state index is 10.8. The molecule has 0 aliphatic heterocycles. The molecule has 0 aromatic rings. The van der Waals surface area contributed by atoms with Crippen LogP contribution in [0.1, 0.15) is 19.8 Å². The zero-order chi connectivity index (χ0) is 8.43. The molecular weight excluding hydrogens is 142 g/mol. The number of carbonyl (C=O) groups is 1. The second-order valence-electron chi connectivity index (χ2n) is 2.94. The van der Waals surface area contributed by atoms with Gasteiger partial charge in [0.15, 0.2) is 5.78 Å². The third-order valence-electron chi connectivity index (χ3n) is 2.01. The summed E-state index contributed by atoms with van der Waals surface area (Å²) in [6.45, 7) is 1.51. The highest BCUT2D eigenvalue weighted by Crippen LogP contribution is 2.17. The molecule has 3 nitrogen and oxygen atoms in total. The van der Waals surface area contributed by atoms with Gasteiger partial charge in [-0.1, -0.05) is 0 Å². The summed E-state index contributed by atoms with van der Waals surface area (Å²) in [5.41, 5.74) is 6.24.